The molecule has 7 atom stereocenters. The lowest BCUT2D eigenvalue weighted by atomic mass is 9.43. The standard InChI is InChI=1S/C33H55BN4O5/c1-8-10-11-22-12-14-23(15-13-22)29(39)37-25(20-36-31(41)35-16-9-2)30(40)38-28(17-21(3)4)34-42-27-19-24-18-26(32(24,5)6)33(27,7)43-34/h12-15,21,24-28,31,35-36,41H,8-11,16-20H2,1-7H3,(H,37,39)(H,38,40)/t24-,25-,26-,27+,28-,31?,33-/m0/s1. The summed E-state index contributed by atoms with van der Waals surface area (Å²) in [6.45, 7) is 15.9. The summed E-state index contributed by atoms with van der Waals surface area (Å²) < 4.78 is 13.3. The van der Waals surface area contributed by atoms with Crippen molar-refractivity contribution < 1.29 is 24.0 Å². The summed E-state index contributed by atoms with van der Waals surface area (Å²) in [5.74, 6) is 0.284. The van der Waals surface area contributed by atoms with E-state index in [-0.39, 0.29) is 47.3 Å². The van der Waals surface area contributed by atoms with Crippen molar-refractivity contribution in [1.29, 1.82) is 0 Å². The smallest absolute Gasteiger partial charge is 0.404 e. The number of hydrogen-bond acceptors (Lipinski definition) is 7. The van der Waals surface area contributed by atoms with Crippen LogP contribution in [0.5, 0.6) is 0 Å². The average molecular weight is 599 g/mol. The Morgan fingerprint density at radius 2 is 1.77 bits per heavy atom. The maximum atomic E-state index is 13.8. The van der Waals surface area contributed by atoms with Gasteiger partial charge in [0.05, 0.1) is 17.6 Å². The van der Waals surface area contributed by atoms with Gasteiger partial charge in [-0.2, -0.15) is 0 Å². The first-order valence-electron chi connectivity index (χ1n) is 16.6. The fraction of sp³-hybridized carbons (Fsp3) is 0.758. The molecule has 2 bridgehead atoms. The van der Waals surface area contributed by atoms with Crippen molar-refractivity contribution in [3.63, 3.8) is 0 Å². The zero-order valence-electron chi connectivity index (χ0n) is 27.4. The number of rotatable bonds is 16. The molecule has 3 saturated carbocycles. The number of unbranched alkanes of at least 4 members (excludes halogenated alkanes) is 1. The van der Waals surface area contributed by atoms with E-state index in [1.165, 1.54) is 5.56 Å². The van der Waals surface area contributed by atoms with E-state index in [1.807, 2.05) is 19.1 Å². The first-order chi connectivity index (χ1) is 20.4. The van der Waals surface area contributed by atoms with Crippen molar-refractivity contribution >= 4 is 18.9 Å². The third-order valence-electron chi connectivity index (χ3n) is 10.1. The molecule has 0 spiro atoms. The lowest BCUT2D eigenvalue weighted by molar-refractivity contribution is -0.199. The molecule has 4 aliphatic rings. The molecule has 43 heavy (non-hydrogen) atoms. The number of aliphatic hydroxyl groups is 1. The van der Waals surface area contributed by atoms with E-state index in [1.54, 1.807) is 12.1 Å². The molecule has 1 aromatic rings. The van der Waals surface area contributed by atoms with Crippen molar-refractivity contribution in [2.75, 3.05) is 13.1 Å². The van der Waals surface area contributed by atoms with Crippen LogP contribution in [-0.2, 0) is 20.5 Å². The zero-order valence-corrected chi connectivity index (χ0v) is 27.4. The zero-order chi connectivity index (χ0) is 31.4. The van der Waals surface area contributed by atoms with Crippen molar-refractivity contribution in [1.82, 2.24) is 21.3 Å². The summed E-state index contributed by atoms with van der Waals surface area (Å²) in [6, 6.07) is 6.62. The van der Waals surface area contributed by atoms with Gasteiger partial charge in [0, 0.05) is 12.1 Å². The lowest BCUT2D eigenvalue weighted by Gasteiger charge is -2.64. The maximum Gasteiger partial charge on any atom is 0.481 e. The SMILES string of the molecule is CCCCc1ccc(C(=O)N[C@@H](CNC(O)NCCC)C(=O)N[C@@H](CC(C)C)B2O[C@@H]3C[C@@H]4C[C@@H](C4(C)C)[C@]3(C)O2)cc1. The molecule has 3 aliphatic carbocycles. The van der Waals surface area contributed by atoms with E-state index in [0.717, 1.165) is 38.5 Å². The maximum absolute atomic E-state index is 13.8. The molecule has 1 aliphatic heterocycles. The highest BCUT2D eigenvalue weighted by atomic mass is 16.7. The van der Waals surface area contributed by atoms with Gasteiger partial charge in [-0.1, -0.05) is 60.1 Å². The molecular formula is C33H55BN4O5. The summed E-state index contributed by atoms with van der Waals surface area (Å²) in [5, 5.41) is 22.3. The topological polar surface area (TPSA) is 121 Å². The van der Waals surface area contributed by atoms with Gasteiger partial charge in [0.15, 0.2) is 6.35 Å². The second-order valence-corrected chi connectivity index (χ2v) is 14.2. The fourth-order valence-electron chi connectivity index (χ4n) is 7.34. The third kappa shape index (κ3) is 7.82. The van der Waals surface area contributed by atoms with E-state index in [2.05, 4.69) is 62.8 Å². The van der Waals surface area contributed by atoms with Crippen molar-refractivity contribution in [3.8, 4) is 0 Å². The Morgan fingerprint density at radius 3 is 2.40 bits per heavy atom. The normalized spacial score (nSPS) is 27.7. The molecule has 0 radical (unpaired) electrons. The quantitative estimate of drug-likeness (QED) is 0.145. The van der Waals surface area contributed by atoms with Crippen molar-refractivity contribution in [2.24, 2.45) is 23.2 Å². The highest BCUT2D eigenvalue weighted by molar-refractivity contribution is 6.48. The molecule has 240 valence electrons. The number of carbonyl (C=O) groups is 2. The number of carbonyl (C=O) groups excluding carboxylic acids is 2. The van der Waals surface area contributed by atoms with Crippen molar-refractivity contribution in [3.05, 3.63) is 35.4 Å². The molecule has 1 heterocycles. The van der Waals surface area contributed by atoms with Crippen LogP contribution in [0, 0.1) is 23.2 Å². The van der Waals surface area contributed by atoms with Gasteiger partial charge in [-0.25, -0.2) is 0 Å². The second-order valence-electron chi connectivity index (χ2n) is 14.2. The van der Waals surface area contributed by atoms with Crippen LogP contribution >= 0.6 is 0 Å². The van der Waals surface area contributed by atoms with Crippen molar-refractivity contribution in [2.45, 2.75) is 123 Å². The number of benzene rings is 1. The first kappa shape index (κ1) is 33.9. The molecule has 1 unspecified atom stereocenters. The minimum atomic E-state index is -1.00. The predicted molar refractivity (Wildman–Crippen MR) is 170 cm³/mol. The van der Waals surface area contributed by atoms with Crippen LogP contribution < -0.4 is 21.3 Å². The predicted octanol–water partition coefficient (Wildman–Crippen LogP) is 3.79. The number of aryl methyl sites for hydroxylation is 1. The average Bonchev–Trinajstić information content (AvgIpc) is 3.33. The van der Waals surface area contributed by atoms with Gasteiger partial charge in [0.1, 0.15) is 6.04 Å². The molecule has 0 aromatic heterocycles. The summed E-state index contributed by atoms with van der Waals surface area (Å²) in [6.07, 6.45) is 5.84. The Bertz CT molecular complexity index is 1090. The van der Waals surface area contributed by atoms with Crippen LogP contribution in [0.1, 0.15) is 103 Å². The third-order valence-corrected chi connectivity index (χ3v) is 10.1. The van der Waals surface area contributed by atoms with Gasteiger partial charge in [-0.05, 0) is 92.9 Å². The molecule has 5 N–H and O–H groups in total. The van der Waals surface area contributed by atoms with E-state index < -0.39 is 19.5 Å². The second kappa shape index (κ2) is 14.4. The highest BCUT2D eigenvalue weighted by Crippen LogP contribution is 2.65. The van der Waals surface area contributed by atoms with E-state index in [0.29, 0.717) is 30.4 Å². The molecular weight excluding hydrogens is 543 g/mol. The summed E-state index contributed by atoms with van der Waals surface area (Å²) in [4.78, 5) is 27.1. The summed E-state index contributed by atoms with van der Waals surface area (Å²) >= 11 is 0. The highest BCUT2D eigenvalue weighted by Gasteiger charge is 2.68. The minimum Gasteiger partial charge on any atom is -0.404 e. The Morgan fingerprint density at radius 1 is 1.05 bits per heavy atom. The fourth-order valence-corrected chi connectivity index (χ4v) is 7.34. The molecule has 1 saturated heterocycles. The first-order valence-corrected chi connectivity index (χ1v) is 16.6. The molecule has 10 heteroatoms. The van der Waals surface area contributed by atoms with Gasteiger partial charge in [-0.3, -0.25) is 20.2 Å². The van der Waals surface area contributed by atoms with E-state index in [4.69, 9.17) is 9.31 Å². The van der Waals surface area contributed by atoms with Gasteiger partial charge in [-0.15, -0.1) is 0 Å². The van der Waals surface area contributed by atoms with Gasteiger partial charge >= 0.3 is 7.12 Å². The van der Waals surface area contributed by atoms with Gasteiger partial charge in [0.2, 0.25) is 5.91 Å². The van der Waals surface area contributed by atoms with Gasteiger partial charge in [0.25, 0.3) is 5.91 Å². The number of aliphatic hydroxyl groups excluding tert-OH is 1. The van der Waals surface area contributed by atoms with Crippen LogP contribution in [0.3, 0.4) is 0 Å². The number of hydrogen-bond donors (Lipinski definition) is 5. The molecule has 1 aromatic carbocycles. The Kier molecular flexibility index (Phi) is 11.4. The Balaban J connectivity index is 1.46. The molecule has 9 nitrogen and oxygen atoms in total. The largest absolute Gasteiger partial charge is 0.481 e. The number of nitrogens with one attached hydrogen (secondary N) is 4. The Labute approximate surface area is 259 Å². The number of amides is 2. The molecule has 5 rings (SSSR count). The van der Waals surface area contributed by atoms with Crippen LogP contribution in [0.25, 0.3) is 0 Å². The summed E-state index contributed by atoms with van der Waals surface area (Å²) in [5.41, 5.74) is 1.52. The lowest BCUT2D eigenvalue weighted by Crippen LogP contribution is -2.65. The van der Waals surface area contributed by atoms with Crippen LogP contribution in [0.4, 0.5) is 0 Å². The molecule has 4 fully saturated rings. The monoisotopic (exact) mass is 598 g/mol. The van der Waals surface area contributed by atoms with E-state index >= 15 is 0 Å². The molecule has 2 amide bonds. The van der Waals surface area contributed by atoms with Crippen LogP contribution in [0.15, 0.2) is 24.3 Å². The Hall–Kier alpha value is -1.98. The van der Waals surface area contributed by atoms with Crippen LogP contribution in [-0.4, -0.2) is 67.2 Å². The van der Waals surface area contributed by atoms with E-state index in [9.17, 15) is 14.7 Å². The minimum absolute atomic E-state index is 0.0121. The summed E-state index contributed by atoms with van der Waals surface area (Å²) in [7, 11) is -0.562. The van der Waals surface area contributed by atoms with Crippen LogP contribution in [0.2, 0.25) is 0 Å². The van der Waals surface area contributed by atoms with Gasteiger partial charge < -0.3 is 25.0 Å².